The Labute approximate surface area is 209 Å². The molecule has 4 heterocycles. The highest BCUT2D eigenvalue weighted by atomic mass is 16.6. The molecule has 5 rings (SSSR count). The molecule has 11 nitrogen and oxygen atoms in total. The number of nitrogens with one attached hydrogen (secondary N) is 1. The number of carbonyl (C=O) groups excluding carboxylic acids is 1. The summed E-state index contributed by atoms with van der Waals surface area (Å²) in [7, 11) is 4.34. The maximum atomic E-state index is 12.8. The van der Waals surface area contributed by atoms with Gasteiger partial charge in [-0.2, -0.15) is 0 Å². The number of esters is 1. The van der Waals surface area contributed by atoms with Gasteiger partial charge in [0, 0.05) is 24.8 Å². The highest BCUT2D eigenvalue weighted by Crippen LogP contribution is 2.62. The lowest BCUT2D eigenvalue weighted by Gasteiger charge is -2.61. The van der Waals surface area contributed by atoms with Crippen LogP contribution in [0.25, 0.3) is 0 Å². The number of nitro groups is 1. The monoisotopic (exact) mass is 503 g/mol. The molecule has 1 N–H and O–H groups in total. The Morgan fingerprint density at radius 3 is 2.75 bits per heavy atom. The maximum absolute atomic E-state index is 12.8. The second-order valence-electron chi connectivity index (χ2n) is 9.75. The number of piperidine rings is 2. The minimum Gasteiger partial charge on any atom is -0.504 e. The smallest absolute Gasteiger partial charge is 0.337 e. The van der Waals surface area contributed by atoms with E-state index in [-0.39, 0.29) is 29.3 Å². The molecule has 0 radical (unpaired) electrons. The molecular formula is C25H33N3O8. The van der Waals surface area contributed by atoms with Crippen LogP contribution in [-0.2, 0) is 29.3 Å². The Balaban J connectivity index is 1.63. The van der Waals surface area contributed by atoms with Gasteiger partial charge in [-0.1, -0.05) is 13.3 Å². The summed E-state index contributed by atoms with van der Waals surface area (Å²) in [6.07, 6.45) is 3.55. The number of anilines is 1. The van der Waals surface area contributed by atoms with Crippen molar-refractivity contribution in [2.75, 3.05) is 52.9 Å². The molecule has 196 valence electrons. The number of nitrogens with zero attached hydrogens (tertiary/aromatic N) is 2. The highest BCUT2D eigenvalue weighted by molar-refractivity contribution is 5.88. The molecule has 0 spiro atoms. The first-order valence-corrected chi connectivity index (χ1v) is 12.3. The van der Waals surface area contributed by atoms with Crippen molar-refractivity contribution < 1.29 is 33.4 Å². The SMILES string of the molecule is CC[C@@H]1CN2CC[C@@]34OCCO[C@@]3(Nc3ccc([N+](=O)[O-])c(OC)c34)[C@@H]2C[C@@H]1/C(=C/OC)C(=O)OC. The lowest BCUT2D eigenvalue weighted by Crippen LogP contribution is -2.75. The summed E-state index contributed by atoms with van der Waals surface area (Å²) in [5, 5.41) is 15.4. The van der Waals surface area contributed by atoms with Gasteiger partial charge in [-0.25, -0.2) is 4.79 Å². The summed E-state index contributed by atoms with van der Waals surface area (Å²) in [5.74, 6) is -0.121. The predicted octanol–water partition coefficient (Wildman–Crippen LogP) is 2.79. The van der Waals surface area contributed by atoms with Gasteiger partial charge in [0.25, 0.3) is 0 Å². The van der Waals surface area contributed by atoms with Crippen molar-refractivity contribution in [3.63, 3.8) is 0 Å². The van der Waals surface area contributed by atoms with E-state index in [0.29, 0.717) is 49.4 Å². The Morgan fingerprint density at radius 1 is 1.31 bits per heavy atom. The first kappa shape index (κ1) is 24.8. The zero-order valence-electron chi connectivity index (χ0n) is 21.1. The van der Waals surface area contributed by atoms with Gasteiger partial charge in [-0.05, 0) is 30.7 Å². The molecule has 0 saturated carbocycles. The van der Waals surface area contributed by atoms with E-state index in [2.05, 4.69) is 17.1 Å². The van der Waals surface area contributed by atoms with Crippen molar-refractivity contribution >= 4 is 17.3 Å². The first-order valence-electron chi connectivity index (χ1n) is 12.3. The van der Waals surface area contributed by atoms with Gasteiger partial charge >= 0.3 is 11.7 Å². The summed E-state index contributed by atoms with van der Waals surface area (Å²) >= 11 is 0. The molecule has 11 heteroatoms. The second kappa shape index (κ2) is 9.20. The van der Waals surface area contributed by atoms with Gasteiger partial charge in [0.15, 0.2) is 5.72 Å². The number of nitro benzene ring substituents is 1. The van der Waals surface area contributed by atoms with Crippen molar-refractivity contribution in [3.8, 4) is 5.75 Å². The third kappa shape index (κ3) is 3.32. The molecule has 36 heavy (non-hydrogen) atoms. The number of fused-ring (bicyclic) bond motifs is 2. The Kier molecular flexibility index (Phi) is 6.34. The third-order valence-corrected chi connectivity index (χ3v) is 8.39. The van der Waals surface area contributed by atoms with Crippen LogP contribution in [-0.4, -0.2) is 75.2 Å². The molecule has 1 aromatic carbocycles. The predicted molar refractivity (Wildman–Crippen MR) is 129 cm³/mol. The number of rotatable bonds is 6. The van der Waals surface area contributed by atoms with Crippen LogP contribution in [0.2, 0.25) is 0 Å². The van der Waals surface area contributed by atoms with Gasteiger partial charge in [0.1, 0.15) is 5.60 Å². The quantitative estimate of drug-likeness (QED) is 0.204. The fourth-order valence-electron chi connectivity index (χ4n) is 6.93. The Bertz CT molecular complexity index is 1090. The molecule has 4 aliphatic heterocycles. The van der Waals surface area contributed by atoms with E-state index in [0.717, 1.165) is 13.0 Å². The van der Waals surface area contributed by atoms with Crippen LogP contribution in [0.4, 0.5) is 11.4 Å². The highest BCUT2D eigenvalue weighted by Gasteiger charge is 2.71. The van der Waals surface area contributed by atoms with E-state index in [9.17, 15) is 14.9 Å². The van der Waals surface area contributed by atoms with Gasteiger partial charge in [0.05, 0.1) is 62.9 Å². The second-order valence-corrected chi connectivity index (χ2v) is 9.75. The number of hydrogen-bond acceptors (Lipinski definition) is 10. The molecule has 3 fully saturated rings. The Morgan fingerprint density at radius 2 is 2.08 bits per heavy atom. The van der Waals surface area contributed by atoms with Crippen LogP contribution in [0, 0.1) is 22.0 Å². The molecule has 4 aliphatic rings. The summed E-state index contributed by atoms with van der Waals surface area (Å²) in [6.45, 7) is 4.34. The number of hydrogen-bond donors (Lipinski definition) is 1. The molecule has 0 bridgehead atoms. The maximum Gasteiger partial charge on any atom is 0.337 e. The van der Waals surface area contributed by atoms with Gasteiger partial charge in [-0.15, -0.1) is 0 Å². The van der Waals surface area contributed by atoms with Crippen molar-refractivity contribution in [2.45, 2.75) is 43.6 Å². The van der Waals surface area contributed by atoms with Gasteiger partial charge < -0.3 is 29.0 Å². The number of ether oxygens (including phenoxy) is 5. The van der Waals surface area contributed by atoms with Crippen LogP contribution < -0.4 is 10.1 Å². The molecular weight excluding hydrogens is 470 g/mol. The number of benzene rings is 1. The molecule has 0 amide bonds. The van der Waals surface area contributed by atoms with E-state index in [1.807, 2.05) is 0 Å². The number of methoxy groups -OCH3 is 3. The van der Waals surface area contributed by atoms with Crippen LogP contribution >= 0.6 is 0 Å². The third-order valence-electron chi connectivity index (χ3n) is 8.39. The fraction of sp³-hybridized carbons (Fsp3) is 0.640. The molecule has 1 aromatic rings. The van der Waals surface area contributed by atoms with E-state index >= 15 is 0 Å². The van der Waals surface area contributed by atoms with Gasteiger partial charge in [0.2, 0.25) is 5.75 Å². The molecule has 0 aliphatic carbocycles. The van der Waals surface area contributed by atoms with E-state index in [1.54, 1.807) is 6.07 Å². The van der Waals surface area contributed by atoms with E-state index in [1.165, 1.54) is 33.7 Å². The minimum absolute atomic E-state index is 0.108. The normalized spacial score (nSPS) is 33.3. The average Bonchev–Trinajstić information content (AvgIpc) is 3.21. The van der Waals surface area contributed by atoms with Crippen LogP contribution in [0.1, 0.15) is 31.7 Å². The van der Waals surface area contributed by atoms with Crippen LogP contribution in [0.3, 0.4) is 0 Å². The summed E-state index contributed by atoms with van der Waals surface area (Å²) in [6, 6.07) is 2.98. The lowest BCUT2D eigenvalue weighted by atomic mass is 9.67. The zero-order chi connectivity index (χ0) is 25.7. The van der Waals surface area contributed by atoms with Crippen molar-refractivity contribution in [3.05, 3.63) is 39.6 Å². The molecule has 0 aromatic heterocycles. The summed E-state index contributed by atoms with van der Waals surface area (Å²) in [4.78, 5) is 26.6. The number of carbonyl (C=O) groups is 1. The largest absolute Gasteiger partial charge is 0.504 e. The lowest BCUT2D eigenvalue weighted by molar-refractivity contribution is -0.386. The van der Waals surface area contributed by atoms with Crippen molar-refractivity contribution in [1.82, 2.24) is 4.90 Å². The standard InChI is InChI=1S/C25H33N3O8/c1-5-15-13-27-9-8-24-21-18(6-7-19(28(30)31)22(21)33-3)26-25(24,36-11-10-35-24)20(27)12-16(15)17(14-32-2)23(29)34-4/h6-7,14-16,20,26H,5,8-13H2,1-4H3/b17-14-/t15-,16+,20+,24+,25+/m1/s1. The summed E-state index contributed by atoms with van der Waals surface area (Å²) in [5.41, 5.74) is -0.245. The fourth-order valence-corrected chi connectivity index (χ4v) is 6.93. The molecule has 0 unspecified atom stereocenters. The average molecular weight is 504 g/mol. The van der Waals surface area contributed by atoms with E-state index < -0.39 is 22.2 Å². The zero-order valence-corrected chi connectivity index (χ0v) is 21.1. The molecule has 5 atom stereocenters. The van der Waals surface area contributed by atoms with Crippen LogP contribution in [0.15, 0.2) is 24.0 Å². The van der Waals surface area contributed by atoms with Crippen molar-refractivity contribution in [2.24, 2.45) is 11.8 Å². The first-order chi connectivity index (χ1) is 17.4. The molecule has 3 saturated heterocycles. The van der Waals surface area contributed by atoms with Crippen LogP contribution in [0.5, 0.6) is 5.75 Å². The van der Waals surface area contributed by atoms with Crippen molar-refractivity contribution in [1.29, 1.82) is 0 Å². The topological polar surface area (TPSA) is 122 Å². The Hall–Kier alpha value is -2.89. The minimum atomic E-state index is -1.00. The van der Waals surface area contributed by atoms with E-state index in [4.69, 9.17) is 23.7 Å². The van der Waals surface area contributed by atoms with Gasteiger partial charge in [-0.3, -0.25) is 15.0 Å². The summed E-state index contributed by atoms with van der Waals surface area (Å²) < 4.78 is 29.2.